The lowest BCUT2D eigenvalue weighted by molar-refractivity contribution is -0.111. The SMILES string of the molecule is CNC(=O)c1ccc(NC(=O)/C=C/c2cc(Br)ccc2F)c(C)c1. The van der Waals surface area contributed by atoms with Gasteiger partial charge in [0.2, 0.25) is 5.91 Å². The van der Waals surface area contributed by atoms with Gasteiger partial charge in [0.25, 0.3) is 5.91 Å². The molecule has 124 valence electrons. The summed E-state index contributed by atoms with van der Waals surface area (Å²) >= 11 is 3.26. The van der Waals surface area contributed by atoms with Crippen LogP contribution in [-0.4, -0.2) is 18.9 Å². The summed E-state index contributed by atoms with van der Waals surface area (Å²) in [4.78, 5) is 23.6. The largest absolute Gasteiger partial charge is 0.355 e. The van der Waals surface area contributed by atoms with Gasteiger partial charge >= 0.3 is 0 Å². The number of hydrogen-bond acceptors (Lipinski definition) is 2. The molecule has 0 spiro atoms. The van der Waals surface area contributed by atoms with Crippen LogP contribution in [-0.2, 0) is 4.79 Å². The molecular weight excluding hydrogens is 375 g/mol. The Balaban J connectivity index is 2.11. The fourth-order valence-corrected chi connectivity index (χ4v) is 2.45. The van der Waals surface area contributed by atoms with Crippen molar-refractivity contribution in [1.82, 2.24) is 5.32 Å². The molecule has 2 amide bonds. The summed E-state index contributed by atoms with van der Waals surface area (Å²) in [6.45, 7) is 1.79. The average Bonchev–Trinajstić information content (AvgIpc) is 2.56. The van der Waals surface area contributed by atoms with E-state index in [1.54, 1.807) is 44.3 Å². The zero-order valence-corrected chi connectivity index (χ0v) is 14.8. The topological polar surface area (TPSA) is 58.2 Å². The Morgan fingerprint density at radius 3 is 2.58 bits per heavy atom. The second-order valence-corrected chi connectivity index (χ2v) is 6.01. The van der Waals surface area contributed by atoms with Crippen LogP contribution < -0.4 is 10.6 Å². The molecular formula is C18H16BrFN2O2. The van der Waals surface area contributed by atoms with Crippen molar-refractivity contribution in [3.63, 3.8) is 0 Å². The molecule has 2 rings (SSSR count). The molecule has 0 aliphatic rings. The molecule has 0 bridgehead atoms. The molecule has 0 fully saturated rings. The monoisotopic (exact) mass is 390 g/mol. The average molecular weight is 391 g/mol. The van der Waals surface area contributed by atoms with Crippen molar-refractivity contribution in [2.45, 2.75) is 6.92 Å². The van der Waals surface area contributed by atoms with E-state index in [0.29, 0.717) is 16.8 Å². The summed E-state index contributed by atoms with van der Waals surface area (Å²) in [6, 6.07) is 9.46. The van der Waals surface area contributed by atoms with E-state index >= 15 is 0 Å². The molecule has 0 aliphatic carbocycles. The van der Waals surface area contributed by atoms with E-state index in [-0.39, 0.29) is 11.8 Å². The molecule has 24 heavy (non-hydrogen) atoms. The van der Waals surface area contributed by atoms with Crippen molar-refractivity contribution in [2.75, 3.05) is 12.4 Å². The number of amides is 2. The molecule has 0 radical (unpaired) electrons. The van der Waals surface area contributed by atoms with Gasteiger partial charge in [0.15, 0.2) is 0 Å². The standard InChI is InChI=1S/C18H16BrFN2O2/c1-11-9-13(18(24)21-2)3-7-16(11)22-17(23)8-4-12-10-14(19)5-6-15(12)20/h3-10H,1-2H3,(H,21,24)(H,22,23)/b8-4+. The number of carbonyl (C=O) groups is 2. The molecule has 0 aromatic heterocycles. The minimum Gasteiger partial charge on any atom is -0.355 e. The molecule has 2 aromatic carbocycles. The first-order valence-electron chi connectivity index (χ1n) is 7.17. The van der Waals surface area contributed by atoms with Crippen LogP contribution in [0, 0.1) is 12.7 Å². The smallest absolute Gasteiger partial charge is 0.251 e. The van der Waals surface area contributed by atoms with Crippen LogP contribution in [0.3, 0.4) is 0 Å². The molecule has 0 heterocycles. The molecule has 0 aliphatic heterocycles. The van der Waals surface area contributed by atoms with E-state index in [1.807, 2.05) is 0 Å². The minimum absolute atomic E-state index is 0.194. The Morgan fingerprint density at radius 2 is 1.92 bits per heavy atom. The van der Waals surface area contributed by atoms with Crippen LogP contribution in [0.5, 0.6) is 0 Å². The highest BCUT2D eigenvalue weighted by Crippen LogP contribution is 2.18. The van der Waals surface area contributed by atoms with E-state index in [9.17, 15) is 14.0 Å². The third-order valence-corrected chi connectivity index (χ3v) is 3.84. The van der Waals surface area contributed by atoms with Gasteiger partial charge < -0.3 is 10.6 Å². The van der Waals surface area contributed by atoms with Gasteiger partial charge in [-0.1, -0.05) is 15.9 Å². The lowest BCUT2D eigenvalue weighted by Gasteiger charge is -2.08. The van der Waals surface area contributed by atoms with Crippen LogP contribution in [0.4, 0.5) is 10.1 Å². The third-order valence-electron chi connectivity index (χ3n) is 3.35. The van der Waals surface area contributed by atoms with Gasteiger partial charge in [0.05, 0.1) is 0 Å². The Labute approximate surface area is 147 Å². The van der Waals surface area contributed by atoms with Crippen LogP contribution in [0.2, 0.25) is 0 Å². The second-order valence-electron chi connectivity index (χ2n) is 5.10. The number of halogens is 2. The molecule has 0 atom stereocenters. The number of benzene rings is 2. The maximum absolute atomic E-state index is 13.6. The normalized spacial score (nSPS) is 10.7. The van der Waals surface area contributed by atoms with Crippen LogP contribution in [0.25, 0.3) is 6.08 Å². The first-order valence-corrected chi connectivity index (χ1v) is 7.97. The summed E-state index contributed by atoms with van der Waals surface area (Å²) in [7, 11) is 1.55. The number of nitrogens with one attached hydrogen (secondary N) is 2. The van der Waals surface area contributed by atoms with Crippen LogP contribution in [0.15, 0.2) is 46.9 Å². The lowest BCUT2D eigenvalue weighted by atomic mass is 10.1. The van der Waals surface area contributed by atoms with Gasteiger partial charge in [0.1, 0.15) is 5.82 Å². The molecule has 6 heteroatoms. The Bertz CT molecular complexity index is 819. The fraction of sp³-hybridized carbons (Fsp3) is 0.111. The van der Waals surface area contributed by atoms with Gasteiger partial charge in [-0.3, -0.25) is 9.59 Å². The van der Waals surface area contributed by atoms with Crippen molar-refractivity contribution >= 4 is 39.5 Å². The number of anilines is 1. The van der Waals surface area contributed by atoms with Crippen molar-refractivity contribution < 1.29 is 14.0 Å². The van der Waals surface area contributed by atoms with Crippen molar-refractivity contribution in [1.29, 1.82) is 0 Å². The zero-order chi connectivity index (χ0) is 17.7. The zero-order valence-electron chi connectivity index (χ0n) is 13.2. The lowest BCUT2D eigenvalue weighted by Crippen LogP contribution is -2.18. The number of carbonyl (C=O) groups excluding carboxylic acids is 2. The van der Waals surface area contributed by atoms with Crippen molar-refractivity contribution in [2.24, 2.45) is 0 Å². The van der Waals surface area contributed by atoms with Gasteiger partial charge in [0, 0.05) is 34.4 Å². The van der Waals surface area contributed by atoms with Gasteiger partial charge in [-0.15, -0.1) is 0 Å². The van der Waals surface area contributed by atoms with E-state index in [4.69, 9.17) is 0 Å². The van der Waals surface area contributed by atoms with Crippen LogP contribution in [0.1, 0.15) is 21.5 Å². The van der Waals surface area contributed by atoms with E-state index in [2.05, 4.69) is 26.6 Å². The molecule has 2 aromatic rings. The third kappa shape index (κ3) is 4.52. The first-order chi connectivity index (χ1) is 11.4. The van der Waals surface area contributed by atoms with Gasteiger partial charge in [-0.05, 0) is 55.0 Å². The van der Waals surface area contributed by atoms with Crippen molar-refractivity contribution in [3.8, 4) is 0 Å². The summed E-state index contributed by atoms with van der Waals surface area (Å²) in [5.41, 5.74) is 2.17. The van der Waals surface area contributed by atoms with E-state index in [0.717, 1.165) is 10.0 Å². The number of aryl methyl sites for hydroxylation is 1. The number of rotatable bonds is 4. The second kappa shape index (κ2) is 7.88. The van der Waals surface area contributed by atoms with Crippen LogP contribution >= 0.6 is 15.9 Å². The fourth-order valence-electron chi connectivity index (χ4n) is 2.07. The predicted molar refractivity (Wildman–Crippen MR) is 96.3 cm³/mol. The maximum Gasteiger partial charge on any atom is 0.251 e. The molecule has 0 unspecified atom stereocenters. The molecule has 2 N–H and O–H groups in total. The van der Waals surface area contributed by atoms with Crippen molar-refractivity contribution in [3.05, 3.63) is 69.5 Å². The quantitative estimate of drug-likeness (QED) is 0.777. The predicted octanol–water partition coefficient (Wildman–Crippen LogP) is 3.91. The summed E-state index contributed by atoms with van der Waals surface area (Å²) in [5.74, 6) is -0.987. The molecule has 0 saturated carbocycles. The Kier molecular flexibility index (Phi) is 5.87. The highest BCUT2D eigenvalue weighted by Gasteiger charge is 2.07. The van der Waals surface area contributed by atoms with Gasteiger partial charge in [-0.25, -0.2) is 4.39 Å². The first kappa shape index (κ1) is 17.9. The van der Waals surface area contributed by atoms with E-state index < -0.39 is 5.82 Å². The highest BCUT2D eigenvalue weighted by molar-refractivity contribution is 9.10. The highest BCUT2D eigenvalue weighted by atomic mass is 79.9. The Hall–Kier alpha value is -2.47. The van der Waals surface area contributed by atoms with E-state index in [1.165, 1.54) is 18.2 Å². The molecule has 4 nitrogen and oxygen atoms in total. The summed E-state index contributed by atoms with van der Waals surface area (Å²) in [5, 5.41) is 5.25. The number of hydrogen-bond donors (Lipinski definition) is 2. The minimum atomic E-state index is -0.409. The Morgan fingerprint density at radius 1 is 1.17 bits per heavy atom. The molecule has 0 saturated heterocycles. The maximum atomic E-state index is 13.6. The van der Waals surface area contributed by atoms with Gasteiger partial charge in [-0.2, -0.15) is 0 Å². The summed E-state index contributed by atoms with van der Waals surface area (Å²) < 4.78 is 14.3. The summed E-state index contributed by atoms with van der Waals surface area (Å²) in [6.07, 6.45) is 2.67.